The third-order valence-electron chi connectivity index (χ3n) is 3.72. The molecule has 3 aromatic rings. The van der Waals surface area contributed by atoms with Crippen LogP contribution in [0.5, 0.6) is 0 Å². The zero-order chi connectivity index (χ0) is 19.2. The normalized spacial score (nSPS) is 11.0. The molecule has 2 aromatic heterocycles. The Labute approximate surface area is 147 Å². The van der Waals surface area contributed by atoms with Crippen molar-refractivity contribution < 1.29 is 28.6 Å². The molecular weight excluding hydrogens is 370 g/mol. The van der Waals surface area contributed by atoms with Gasteiger partial charge in [0.05, 0.1) is 10.9 Å². The van der Waals surface area contributed by atoms with Gasteiger partial charge in [0.25, 0.3) is 5.56 Å². The van der Waals surface area contributed by atoms with Crippen molar-refractivity contribution in [2.24, 2.45) is 0 Å². The number of carboxylic acid groups (broad SMARTS) is 2. The Morgan fingerprint density at radius 1 is 1.23 bits per heavy atom. The van der Waals surface area contributed by atoms with Crippen LogP contribution in [0.3, 0.4) is 0 Å². The molecule has 0 spiro atoms. The number of aryl methyl sites for hydroxylation is 1. The largest absolute Gasteiger partial charge is 0.480 e. The average Bonchev–Trinajstić information content (AvgIpc) is 2.87. The number of halogens is 2. The number of aromatic nitrogens is 2. The highest BCUT2D eigenvalue weighted by Crippen LogP contribution is 2.31. The zero-order valence-electron chi connectivity index (χ0n) is 13.1. The van der Waals surface area contributed by atoms with Gasteiger partial charge >= 0.3 is 11.9 Å². The van der Waals surface area contributed by atoms with Crippen molar-refractivity contribution in [3.8, 4) is 11.4 Å². The predicted octanol–water partition coefficient (Wildman–Crippen LogP) is 2.49. The Bertz CT molecular complexity index is 1120. The maximum Gasteiger partial charge on any atom is 0.346 e. The molecule has 0 atom stereocenters. The number of hydrogen-bond donors (Lipinski definition) is 2. The van der Waals surface area contributed by atoms with E-state index in [0.29, 0.717) is 15.9 Å². The lowest BCUT2D eigenvalue weighted by molar-refractivity contribution is -0.137. The Morgan fingerprint density at radius 2 is 1.85 bits per heavy atom. The molecule has 1 aromatic carbocycles. The second-order valence-corrected chi connectivity index (χ2v) is 6.36. The summed E-state index contributed by atoms with van der Waals surface area (Å²) in [6.45, 7) is 0.502. The molecule has 10 heteroatoms. The van der Waals surface area contributed by atoms with Crippen molar-refractivity contribution in [1.82, 2.24) is 9.55 Å². The number of thiophene rings is 1. The monoisotopic (exact) mass is 380 g/mol. The molecule has 0 unspecified atom stereocenters. The molecule has 0 bridgehead atoms. The molecule has 0 saturated carbocycles. The number of benzene rings is 1. The predicted molar refractivity (Wildman–Crippen MR) is 88.6 cm³/mol. The molecule has 134 valence electrons. The van der Waals surface area contributed by atoms with Gasteiger partial charge in [-0.3, -0.25) is 14.2 Å². The van der Waals surface area contributed by atoms with Gasteiger partial charge in [0.15, 0.2) is 5.82 Å². The summed E-state index contributed by atoms with van der Waals surface area (Å²) in [5.74, 6) is -5.27. The van der Waals surface area contributed by atoms with Crippen molar-refractivity contribution in [2.75, 3.05) is 0 Å². The first-order valence-corrected chi connectivity index (χ1v) is 7.97. The molecule has 0 radical (unpaired) electrons. The van der Waals surface area contributed by atoms with Gasteiger partial charge in [-0.25, -0.2) is 18.6 Å². The molecule has 0 aliphatic rings. The number of hydrogen-bond acceptors (Lipinski definition) is 5. The van der Waals surface area contributed by atoms with Gasteiger partial charge in [-0.05, 0) is 24.6 Å². The first-order chi connectivity index (χ1) is 12.2. The van der Waals surface area contributed by atoms with Gasteiger partial charge in [0.1, 0.15) is 27.9 Å². The van der Waals surface area contributed by atoms with Crippen LogP contribution in [-0.4, -0.2) is 31.7 Å². The number of carboxylic acids is 2. The third kappa shape index (κ3) is 2.73. The van der Waals surface area contributed by atoms with Gasteiger partial charge in [-0.1, -0.05) is 6.07 Å². The van der Waals surface area contributed by atoms with Crippen LogP contribution >= 0.6 is 11.3 Å². The lowest BCUT2D eigenvalue weighted by Crippen LogP contribution is -2.27. The summed E-state index contributed by atoms with van der Waals surface area (Å²) in [7, 11) is 0. The Morgan fingerprint density at radius 3 is 2.38 bits per heavy atom. The van der Waals surface area contributed by atoms with Crippen molar-refractivity contribution in [3.05, 3.63) is 50.6 Å². The lowest BCUT2D eigenvalue weighted by Gasteiger charge is -2.12. The van der Waals surface area contributed by atoms with E-state index in [4.69, 9.17) is 5.11 Å². The van der Waals surface area contributed by atoms with Gasteiger partial charge in [-0.15, -0.1) is 11.3 Å². The minimum Gasteiger partial charge on any atom is -0.480 e. The molecule has 2 heterocycles. The van der Waals surface area contributed by atoms with Crippen molar-refractivity contribution in [3.63, 3.8) is 0 Å². The summed E-state index contributed by atoms with van der Waals surface area (Å²) in [5.41, 5.74) is -1.42. The average molecular weight is 380 g/mol. The highest BCUT2D eigenvalue weighted by Gasteiger charge is 2.25. The van der Waals surface area contributed by atoms with E-state index >= 15 is 0 Å². The quantitative estimate of drug-likeness (QED) is 0.720. The molecule has 0 fully saturated rings. The number of carbonyl (C=O) groups is 2. The Kier molecular flexibility index (Phi) is 4.28. The summed E-state index contributed by atoms with van der Waals surface area (Å²) >= 11 is 0.678. The molecular formula is C16H10F2N2O5S. The van der Waals surface area contributed by atoms with E-state index in [-0.39, 0.29) is 20.7 Å². The summed E-state index contributed by atoms with van der Waals surface area (Å²) in [6, 6.07) is 3.01. The summed E-state index contributed by atoms with van der Waals surface area (Å²) in [4.78, 5) is 39.0. The number of aromatic carboxylic acids is 1. The summed E-state index contributed by atoms with van der Waals surface area (Å²) in [5, 5.41) is 18.2. The number of aliphatic carboxylic acids is 1. The van der Waals surface area contributed by atoms with Gasteiger partial charge in [-0.2, -0.15) is 0 Å². The molecule has 0 saturated heterocycles. The van der Waals surface area contributed by atoms with E-state index in [1.807, 2.05) is 0 Å². The smallest absolute Gasteiger partial charge is 0.346 e. The minimum atomic E-state index is -1.42. The topological polar surface area (TPSA) is 109 Å². The van der Waals surface area contributed by atoms with E-state index in [1.165, 1.54) is 6.92 Å². The summed E-state index contributed by atoms with van der Waals surface area (Å²) in [6.07, 6.45) is 0. The SMILES string of the molecule is Cc1c(C(=O)O)sc2nc(-c3c(F)cccc3F)n(CC(=O)O)c(=O)c12. The fourth-order valence-electron chi connectivity index (χ4n) is 2.60. The molecule has 26 heavy (non-hydrogen) atoms. The fraction of sp³-hybridized carbons (Fsp3) is 0.125. The summed E-state index contributed by atoms with van der Waals surface area (Å²) < 4.78 is 29.0. The Hall–Kier alpha value is -3.14. The van der Waals surface area contributed by atoms with Crippen molar-refractivity contribution in [1.29, 1.82) is 0 Å². The molecule has 0 amide bonds. The maximum atomic E-state index is 14.2. The number of fused-ring (bicyclic) bond motifs is 1. The standard InChI is InChI=1S/C16H10F2N2O5S/c1-6-10-14(26-12(6)16(24)25)19-13(20(15(10)23)5-9(21)22)11-7(17)3-2-4-8(11)18/h2-4H,5H2,1H3,(H,21,22)(H,24,25). The van der Waals surface area contributed by atoms with Gasteiger partial charge in [0.2, 0.25) is 0 Å². The second-order valence-electron chi connectivity index (χ2n) is 5.36. The fourth-order valence-corrected chi connectivity index (χ4v) is 3.62. The second kappa shape index (κ2) is 6.30. The lowest BCUT2D eigenvalue weighted by atomic mass is 10.1. The van der Waals surface area contributed by atoms with Crippen LogP contribution in [0.25, 0.3) is 21.6 Å². The van der Waals surface area contributed by atoms with E-state index in [0.717, 1.165) is 18.2 Å². The van der Waals surface area contributed by atoms with Crippen LogP contribution < -0.4 is 5.56 Å². The van der Waals surface area contributed by atoms with E-state index in [9.17, 15) is 28.3 Å². The van der Waals surface area contributed by atoms with E-state index < -0.39 is 47.1 Å². The molecule has 0 aliphatic heterocycles. The molecule has 2 N–H and O–H groups in total. The third-order valence-corrected chi connectivity index (χ3v) is 4.90. The molecule has 7 nitrogen and oxygen atoms in total. The van der Waals surface area contributed by atoms with Gasteiger partial charge in [0, 0.05) is 0 Å². The highest BCUT2D eigenvalue weighted by molar-refractivity contribution is 7.20. The number of rotatable bonds is 4. The molecule has 3 rings (SSSR count). The maximum absolute atomic E-state index is 14.2. The highest BCUT2D eigenvalue weighted by atomic mass is 32.1. The minimum absolute atomic E-state index is 0.0378. The van der Waals surface area contributed by atoms with Crippen LogP contribution in [0.2, 0.25) is 0 Å². The van der Waals surface area contributed by atoms with Crippen molar-refractivity contribution in [2.45, 2.75) is 13.5 Å². The van der Waals surface area contributed by atoms with Crippen LogP contribution in [0.15, 0.2) is 23.0 Å². The van der Waals surface area contributed by atoms with Gasteiger partial charge < -0.3 is 10.2 Å². The number of nitrogens with zero attached hydrogens (tertiary/aromatic N) is 2. The molecule has 0 aliphatic carbocycles. The van der Waals surface area contributed by atoms with Crippen molar-refractivity contribution >= 4 is 33.5 Å². The van der Waals surface area contributed by atoms with E-state index in [2.05, 4.69) is 4.98 Å². The van der Waals surface area contributed by atoms with Crippen LogP contribution in [0.1, 0.15) is 15.2 Å². The van der Waals surface area contributed by atoms with Crippen LogP contribution in [-0.2, 0) is 11.3 Å². The zero-order valence-corrected chi connectivity index (χ0v) is 13.9. The first kappa shape index (κ1) is 17.7. The van der Waals surface area contributed by atoms with E-state index in [1.54, 1.807) is 0 Å². The van der Waals surface area contributed by atoms with Crippen LogP contribution in [0, 0.1) is 18.6 Å². The Balaban J connectivity index is 2.47. The first-order valence-electron chi connectivity index (χ1n) is 7.15. The van der Waals surface area contributed by atoms with Crippen LogP contribution in [0.4, 0.5) is 8.78 Å².